The molecule has 0 saturated carbocycles. The third-order valence-corrected chi connectivity index (χ3v) is 6.66. The Morgan fingerprint density at radius 3 is 1.82 bits per heavy atom. The van der Waals surface area contributed by atoms with Crippen molar-refractivity contribution in [1.82, 2.24) is 10.6 Å². The second-order valence-corrected chi connectivity index (χ2v) is 10.5. The van der Waals surface area contributed by atoms with Crippen LogP contribution in [0.1, 0.15) is 80.2 Å². The average molecular weight is 709 g/mol. The molecule has 0 amide bonds. The third-order valence-electron chi connectivity index (χ3n) is 6.66. The van der Waals surface area contributed by atoms with Gasteiger partial charge < -0.3 is 20.1 Å². The number of halogens is 6. The van der Waals surface area contributed by atoms with Gasteiger partial charge in [0, 0.05) is 19.8 Å². The van der Waals surface area contributed by atoms with Gasteiger partial charge in [-0.1, -0.05) is 116 Å². The Kier molecular flexibility index (Phi) is 35.3. The molecule has 0 spiro atoms. The Labute approximate surface area is 294 Å². The largest absolute Gasteiger partial charge is 0.416 e. The van der Waals surface area contributed by atoms with Crippen LogP contribution in [0.25, 0.3) is 0 Å². The SMILES string of the molecule is C=C/C=C(\C=C)C(CCC(C)COCc1ccccc1)NC.CC.CC.CC/C(=C\C(=C/C(C)C(F)(F)F)C(F)(F)F)C(C)OC.CNC. The van der Waals surface area contributed by atoms with Crippen molar-refractivity contribution in [3.8, 4) is 0 Å². The monoisotopic (exact) mass is 709 g/mol. The number of likely N-dealkylation sites (N-methyl/N-ethyl adjacent to an activating group) is 1. The molecule has 2 N–H and O–H groups in total. The van der Waals surface area contributed by atoms with Gasteiger partial charge in [0.15, 0.2) is 0 Å². The molecule has 1 aromatic rings. The van der Waals surface area contributed by atoms with Gasteiger partial charge in [-0.05, 0) is 76.0 Å². The molecule has 4 unspecified atom stereocenters. The first-order valence-electron chi connectivity index (χ1n) is 17.0. The minimum atomic E-state index is -4.84. The first kappa shape index (κ1) is 53.1. The summed E-state index contributed by atoms with van der Waals surface area (Å²) < 4.78 is 86.3. The molecule has 0 aliphatic heterocycles. The van der Waals surface area contributed by atoms with Crippen LogP contribution in [-0.4, -0.2) is 59.4 Å². The van der Waals surface area contributed by atoms with Crippen LogP contribution < -0.4 is 10.6 Å². The van der Waals surface area contributed by atoms with Gasteiger partial charge in [-0.25, -0.2) is 0 Å². The summed E-state index contributed by atoms with van der Waals surface area (Å²) in [7, 11) is 7.06. The average Bonchev–Trinajstić information content (AvgIpc) is 3.07. The van der Waals surface area contributed by atoms with Gasteiger partial charge in [0.05, 0.1) is 24.2 Å². The molecular weight excluding hydrogens is 642 g/mol. The van der Waals surface area contributed by atoms with Crippen molar-refractivity contribution in [2.45, 2.75) is 106 Å². The zero-order chi connectivity index (χ0) is 39.1. The highest BCUT2D eigenvalue weighted by Gasteiger charge is 2.39. The number of nitrogens with one attached hydrogen (secondary N) is 2. The van der Waals surface area contributed by atoms with E-state index in [-0.39, 0.29) is 18.1 Å². The van der Waals surface area contributed by atoms with E-state index in [9.17, 15) is 26.3 Å². The van der Waals surface area contributed by atoms with E-state index in [1.54, 1.807) is 6.92 Å². The lowest BCUT2D eigenvalue weighted by Gasteiger charge is -2.20. The van der Waals surface area contributed by atoms with Gasteiger partial charge in [-0.3, -0.25) is 0 Å². The molecule has 10 heteroatoms. The summed E-state index contributed by atoms with van der Waals surface area (Å²) in [5.74, 6) is -1.64. The predicted octanol–water partition coefficient (Wildman–Crippen LogP) is 11.4. The number of hydrogen-bond donors (Lipinski definition) is 2. The second kappa shape index (κ2) is 32.5. The zero-order valence-corrected chi connectivity index (χ0v) is 32.1. The van der Waals surface area contributed by atoms with E-state index in [1.165, 1.54) is 25.2 Å². The maximum absolute atomic E-state index is 12.8. The van der Waals surface area contributed by atoms with Crippen LogP contribution in [0.5, 0.6) is 0 Å². The van der Waals surface area contributed by atoms with Gasteiger partial charge in [-0.2, -0.15) is 26.3 Å². The van der Waals surface area contributed by atoms with Crippen LogP contribution in [0, 0.1) is 11.8 Å². The topological polar surface area (TPSA) is 42.5 Å². The number of alkyl halides is 6. The molecule has 4 atom stereocenters. The van der Waals surface area contributed by atoms with Crippen LogP contribution in [0.2, 0.25) is 0 Å². The lowest BCUT2D eigenvalue weighted by molar-refractivity contribution is -0.157. The van der Waals surface area contributed by atoms with Crippen LogP contribution >= 0.6 is 0 Å². The number of benzene rings is 1. The summed E-state index contributed by atoms with van der Waals surface area (Å²) in [4.78, 5) is 0. The zero-order valence-electron chi connectivity index (χ0n) is 32.1. The number of hydrogen-bond acceptors (Lipinski definition) is 4. The number of allylic oxidation sites excluding steroid dienone is 5. The van der Waals surface area contributed by atoms with Crippen molar-refractivity contribution in [2.24, 2.45) is 11.8 Å². The van der Waals surface area contributed by atoms with Gasteiger partial charge in [0.25, 0.3) is 0 Å². The normalized spacial score (nSPS) is 14.4. The van der Waals surface area contributed by atoms with Gasteiger partial charge in [0.1, 0.15) is 0 Å². The third kappa shape index (κ3) is 27.8. The Morgan fingerprint density at radius 1 is 0.898 bits per heavy atom. The molecule has 49 heavy (non-hydrogen) atoms. The van der Waals surface area contributed by atoms with Crippen LogP contribution in [0.3, 0.4) is 0 Å². The number of methoxy groups -OCH3 is 1. The predicted molar refractivity (Wildman–Crippen MR) is 198 cm³/mol. The fraction of sp³-hybridized carbons (Fsp3) is 0.590. The van der Waals surface area contributed by atoms with Crippen LogP contribution in [0.4, 0.5) is 26.3 Å². The molecule has 0 aliphatic rings. The molecule has 0 aliphatic carbocycles. The van der Waals surface area contributed by atoms with E-state index in [0.29, 0.717) is 25.5 Å². The highest BCUT2D eigenvalue weighted by molar-refractivity contribution is 5.30. The summed E-state index contributed by atoms with van der Waals surface area (Å²) in [6, 6.07) is 10.6. The Morgan fingerprint density at radius 2 is 1.43 bits per heavy atom. The quantitative estimate of drug-likeness (QED) is 0.133. The summed E-state index contributed by atoms with van der Waals surface area (Å²) in [6.07, 6.45) is -1.04. The molecule has 0 bridgehead atoms. The van der Waals surface area contributed by atoms with Crippen molar-refractivity contribution >= 4 is 0 Å². The molecule has 0 heterocycles. The molecule has 1 rings (SSSR count). The summed E-state index contributed by atoms with van der Waals surface area (Å²) in [5, 5.41) is 6.10. The molecule has 0 radical (unpaired) electrons. The van der Waals surface area contributed by atoms with E-state index in [1.807, 2.05) is 85.3 Å². The fourth-order valence-electron chi connectivity index (χ4n) is 3.87. The summed E-state index contributed by atoms with van der Waals surface area (Å²) in [5.41, 5.74) is 1.40. The first-order valence-corrected chi connectivity index (χ1v) is 17.0. The lowest BCUT2D eigenvalue weighted by atomic mass is 9.97. The minimum Gasteiger partial charge on any atom is -0.377 e. The highest BCUT2D eigenvalue weighted by atomic mass is 19.4. The van der Waals surface area contributed by atoms with Crippen molar-refractivity contribution < 1.29 is 35.8 Å². The Hall–Kier alpha value is -2.66. The van der Waals surface area contributed by atoms with Crippen LogP contribution in [0.15, 0.2) is 90.6 Å². The molecule has 0 aromatic heterocycles. The molecule has 0 saturated heterocycles. The van der Waals surface area contributed by atoms with Crippen molar-refractivity contribution in [3.63, 3.8) is 0 Å². The number of rotatable bonds is 16. The van der Waals surface area contributed by atoms with Gasteiger partial charge in [0.2, 0.25) is 0 Å². The van der Waals surface area contributed by atoms with E-state index in [0.717, 1.165) is 25.5 Å². The number of ether oxygens (including phenoxy) is 2. The van der Waals surface area contributed by atoms with E-state index >= 15 is 0 Å². The van der Waals surface area contributed by atoms with Crippen molar-refractivity contribution in [3.05, 3.63) is 96.2 Å². The highest BCUT2D eigenvalue weighted by Crippen LogP contribution is 2.34. The maximum atomic E-state index is 12.8. The first-order chi connectivity index (χ1) is 23.0. The van der Waals surface area contributed by atoms with E-state index in [4.69, 9.17) is 9.47 Å². The Balaban J connectivity index is -0.000000350. The fourth-order valence-corrected chi connectivity index (χ4v) is 3.87. The van der Waals surface area contributed by atoms with Gasteiger partial charge in [-0.15, -0.1) is 0 Å². The minimum absolute atomic E-state index is 0.192. The van der Waals surface area contributed by atoms with E-state index in [2.05, 4.69) is 42.8 Å². The maximum Gasteiger partial charge on any atom is 0.416 e. The molecule has 286 valence electrons. The van der Waals surface area contributed by atoms with E-state index < -0.39 is 29.9 Å². The summed E-state index contributed by atoms with van der Waals surface area (Å²) in [6.45, 7) is 23.2. The van der Waals surface area contributed by atoms with Crippen molar-refractivity contribution in [2.75, 3.05) is 34.9 Å². The lowest BCUT2D eigenvalue weighted by Crippen LogP contribution is -2.27. The van der Waals surface area contributed by atoms with Crippen molar-refractivity contribution in [1.29, 1.82) is 0 Å². The standard InChI is InChI=1S/C20H29NO.C13H18F6O.C2H7N.2C2H6/c1-5-10-19(6-2)20(21-4)14-13-17(3)15-22-16-18-11-8-7-9-12-18;1-5-10(9(3)20-4)7-11(13(17,18)19)6-8(2)12(14,15)16;1-3-2;2*1-2/h5-12,17,20-21H,1-2,13-16H2,3-4H3;6-9H,5H2,1-4H3;3H,1-2H3;2*1-2H3/b19-10+;10-7+,11-6+;;;. The molecule has 4 nitrogen and oxygen atoms in total. The molecule has 1 aromatic carbocycles. The molecular formula is C39H66F6N2O2. The molecule has 0 fully saturated rings. The summed E-state index contributed by atoms with van der Waals surface area (Å²) >= 11 is 0. The Bertz CT molecular complexity index is 1020. The van der Waals surface area contributed by atoms with Crippen LogP contribution in [-0.2, 0) is 16.1 Å². The second-order valence-electron chi connectivity index (χ2n) is 10.5. The van der Waals surface area contributed by atoms with Gasteiger partial charge >= 0.3 is 12.4 Å². The smallest absolute Gasteiger partial charge is 0.377 e.